The van der Waals surface area contributed by atoms with E-state index in [0.29, 0.717) is 18.0 Å². The van der Waals surface area contributed by atoms with E-state index in [-0.39, 0.29) is 30.4 Å². The van der Waals surface area contributed by atoms with Gasteiger partial charge in [0.05, 0.1) is 23.3 Å². The molecule has 2 heterocycles. The van der Waals surface area contributed by atoms with Crippen LogP contribution in [0, 0.1) is 11.8 Å². The number of fused-ring (bicyclic) bond motifs is 1. The Hall–Kier alpha value is -2.65. The first-order valence-electron chi connectivity index (χ1n) is 10.5. The van der Waals surface area contributed by atoms with E-state index in [1.54, 1.807) is 10.7 Å². The molecule has 1 aliphatic carbocycles. The van der Waals surface area contributed by atoms with E-state index < -0.39 is 0 Å². The average molecular weight is 487 g/mol. The number of nitrogens with zero attached hydrogens (tertiary/aromatic N) is 3. The van der Waals surface area contributed by atoms with Gasteiger partial charge in [-0.1, -0.05) is 26.0 Å². The summed E-state index contributed by atoms with van der Waals surface area (Å²) in [4.78, 5) is 16.5. The Morgan fingerprint density at radius 2 is 2.03 bits per heavy atom. The number of aliphatic hydroxyl groups excluding tert-OH is 1. The second-order valence-electron chi connectivity index (χ2n) is 8.25. The zero-order chi connectivity index (χ0) is 22.0. The molecule has 0 radical (unpaired) electrons. The smallest absolute Gasteiger partial charge is 0.227 e. The predicted molar refractivity (Wildman–Crippen MR) is 125 cm³/mol. The number of carbonyl (C=O) groups excluding carboxylic acids is 1. The van der Waals surface area contributed by atoms with Crippen molar-refractivity contribution in [2.45, 2.75) is 39.3 Å². The molecule has 0 spiro atoms. The number of benzene rings is 1. The van der Waals surface area contributed by atoms with E-state index in [4.69, 9.17) is 0 Å². The quantitative estimate of drug-likeness (QED) is 0.365. The lowest BCUT2D eigenvalue weighted by atomic mass is 10.1. The highest BCUT2D eigenvalue weighted by Gasteiger charge is 2.29. The van der Waals surface area contributed by atoms with Crippen LogP contribution in [0.3, 0.4) is 0 Å². The topological polar surface area (TPSA) is 104 Å². The molecular formula is C22H27BrN6O2. The van der Waals surface area contributed by atoms with Crippen LogP contribution in [0.4, 0.5) is 17.3 Å². The van der Waals surface area contributed by atoms with Crippen LogP contribution in [0.2, 0.25) is 0 Å². The first kappa shape index (κ1) is 21.6. The SMILES string of the molecule is CC(C)[C@H](CO)Nc1cc(NCc2ccc(NC(=O)C3CC3)cc2)n2ncc(Br)c2n1. The molecule has 2 aromatic heterocycles. The fraction of sp³-hybridized carbons (Fsp3) is 0.409. The lowest BCUT2D eigenvalue weighted by molar-refractivity contribution is -0.117. The van der Waals surface area contributed by atoms with Crippen molar-refractivity contribution in [1.82, 2.24) is 14.6 Å². The third-order valence-corrected chi connectivity index (χ3v) is 5.97. The molecule has 31 heavy (non-hydrogen) atoms. The van der Waals surface area contributed by atoms with Gasteiger partial charge in [0, 0.05) is 24.2 Å². The van der Waals surface area contributed by atoms with Crippen molar-refractivity contribution < 1.29 is 9.90 Å². The molecule has 1 amide bonds. The number of nitrogens with one attached hydrogen (secondary N) is 3. The summed E-state index contributed by atoms with van der Waals surface area (Å²) in [6, 6.07) is 9.63. The highest BCUT2D eigenvalue weighted by molar-refractivity contribution is 9.10. The summed E-state index contributed by atoms with van der Waals surface area (Å²) in [5, 5.41) is 23.7. The molecule has 8 nitrogen and oxygen atoms in total. The summed E-state index contributed by atoms with van der Waals surface area (Å²) in [5.41, 5.74) is 2.58. The number of rotatable bonds is 9. The highest BCUT2D eigenvalue weighted by Crippen LogP contribution is 2.30. The van der Waals surface area contributed by atoms with Gasteiger partial charge in [-0.25, -0.2) is 4.98 Å². The van der Waals surface area contributed by atoms with E-state index in [0.717, 1.165) is 34.4 Å². The Balaban J connectivity index is 1.48. The second-order valence-corrected chi connectivity index (χ2v) is 9.10. The van der Waals surface area contributed by atoms with Crippen molar-refractivity contribution in [2.75, 3.05) is 22.6 Å². The van der Waals surface area contributed by atoms with Crippen LogP contribution in [0.1, 0.15) is 32.3 Å². The Labute approximate surface area is 189 Å². The summed E-state index contributed by atoms with van der Waals surface area (Å²) in [7, 11) is 0. The molecule has 1 atom stereocenters. The minimum absolute atomic E-state index is 0.0252. The van der Waals surface area contributed by atoms with Crippen molar-refractivity contribution >= 4 is 44.8 Å². The molecule has 4 rings (SSSR count). The maximum absolute atomic E-state index is 11.9. The number of hydrogen-bond donors (Lipinski definition) is 4. The van der Waals surface area contributed by atoms with Gasteiger partial charge in [0.1, 0.15) is 11.6 Å². The minimum Gasteiger partial charge on any atom is -0.394 e. The molecule has 0 saturated heterocycles. The molecule has 164 valence electrons. The molecule has 1 aliphatic rings. The third kappa shape index (κ3) is 5.16. The molecule has 0 aliphatic heterocycles. The first-order valence-corrected chi connectivity index (χ1v) is 11.3. The maximum atomic E-state index is 11.9. The summed E-state index contributed by atoms with van der Waals surface area (Å²) in [6.45, 7) is 4.71. The van der Waals surface area contributed by atoms with E-state index in [1.165, 1.54) is 0 Å². The molecule has 9 heteroatoms. The molecule has 0 bridgehead atoms. The van der Waals surface area contributed by atoms with E-state index >= 15 is 0 Å². The number of aromatic nitrogens is 3. The van der Waals surface area contributed by atoms with Crippen molar-refractivity contribution in [2.24, 2.45) is 11.8 Å². The van der Waals surface area contributed by atoms with Gasteiger partial charge in [-0.15, -0.1) is 0 Å². The average Bonchev–Trinajstić information content (AvgIpc) is 3.55. The number of amides is 1. The Morgan fingerprint density at radius 3 is 2.68 bits per heavy atom. The predicted octanol–water partition coefficient (Wildman–Crippen LogP) is 3.88. The molecule has 1 aromatic carbocycles. The van der Waals surface area contributed by atoms with Gasteiger partial charge in [0.2, 0.25) is 5.91 Å². The van der Waals surface area contributed by atoms with Crippen LogP contribution >= 0.6 is 15.9 Å². The minimum atomic E-state index is -0.0945. The van der Waals surface area contributed by atoms with Gasteiger partial charge in [-0.3, -0.25) is 4.79 Å². The summed E-state index contributed by atoms with van der Waals surface area (Å²) in [6.07, 6.45) is 3.69. The Morgan fingerprint density at radius 1 is 1.29 bits per heavy atom. The normalized spacial score (nSPS) is 14.6. The number of hydrogen-bond acceptors (Lipinski definition) is 6. The molecule has 1 fully saturated rings. The van der Waals surface area contributed by atoms with Gasteiger partial charge in [0.15, 0.2) is 5.65 Å². The number of anilines is 3. The number of halogens is 1. The van der Waals surface area contributed by atoms with Crippen LogP contribution in [-0.2, 0) is 11.3 Å². The summed E-state index contributed by atoms with van der Waals surface area (Å²) in [5.74, 6) is 2.00. The van der Waals surface area contributed by atoms with E-state index in [9.17, 15) is 9.90 Å². The summed E-state index contributed by atoms with van der Waals surface area (Å²) < 4.78 is 2.53. The van der Waals surface area contributed by atoms with Gasteiger partial charge < -0.3 is 21.1 Å². The standard InChI is InChI=1S/C22H27BrN6O2/c1-13(2)18(12-30)27-19-9-20(29-21(28-19)17(23)11-25-29)24-10-14-3-7-16(8-4-14)26-22(31)15-5-6-15/h3-4,7-9,11,13,15,18,24,30H,5-6,10,12H2,1-2H3,(H,26,31)(H,27,28)/t18-/m0/s1. The van der Waals surface area contributed by atoms with Crippen molar-refractivity contribution in [1.29, 1.82) is 0 Å². The van der Waals surface area contributed by atoms with Crippen LogP contribution in [0.25, 0.3) is 5.65 Å². The van der Waals surface area contributed by atoms with Crippen LogP contribution < -0.4 is 16.0 Å². The van der Waals surface area contributed by atoms with E-state index in [2.05, 4.69) is 55.8 Å². The Bertz CT molecular complexity index is 1060. The van der Waals surface area contributed by atoms with Crippen molar-refractivity contribution in [3.8, 4) is 0 Å². The summed E-state index contributed by atoms with van der Waals surface area (Å²) >= 11 is 3.50. The fourth-order valence-electron chi connectivity index (χ4n) is 3.24. The molecule has 3 aromatic rings. The Kier molecular flexibility index (Phi) is 6.43. The molecular weight excluding hydrogens is 460 g/mol. The van der Waals surface area contributed by atoms with Gasteiger partial charge in [-0.05, 0) is 52.4 Å². The van der Waals surface area contributed by atoms with Crippen LogP contribution in [0.15, 0.2) is 41.0 Å². The monoisotopic (exact) mass is 486 g/mol. The zero-order valence-corrected chi connectivity index (χ0v) is 19.2. The molecule has 0 unspecified atom stereocenters. The van der Waals surface area contributed by atoms with Crippen molar-refractivity contribution in [3.63, 3.8) is 0 Å². The third-order valence-electron chi connectivity index (χ3n) is 5.41. The van der Waals surface area contributed by atoms with Gasteiger partial charge in [-0.2, -0.15) is 9.61 Å². The van der Waals surface area contributed by atoms with Gasteiger partial charge in [0.25, 0.3) is 0 Å². The lowest BCUT2D eigenvalue weighted by Crippen LogP contribution is -2.30. The van der Waals surface area contributed by atoms with Crippen LogP contribution in [0.5, 0.6) is 0 Å². The van der Waals surface area contributed by atoms with Gasteiger partial charge >= 0.3 is 0 Å². The van der Waals surface area contributed by atoms with Crippen molar-refractivity contribution in [3.05, 3.63) is 46.6 Å². The lowest BCUT2D eigenvalue weighted by Gasteiger charge is -2.21. The largest absolute Gasteiger partial charge is 0.394 e. The fourth-order valence-corrected chi connectivity index (χ4v) is 3.59. The first-order chi connectivity index (χ1) is 14.9. The van der Waals surface area contributed by atoms with Crippen LogP contribution in [-0.4, -0.2) is 38.3 Å². The maximum Gasteiger partial charge on any atom is 0.227 e. The number of carbonyl (C=O) groups is 1. The number of aliphatic hydroxyl groups is 1. The van der Waals surface area contributed by atoms with E-state index in [1.807, 2.05) is 30.3 Å². The second kappa shape index (κ2) is 9.23. The highest BCUT2D eigenvalue weighted by atomic mass is 79.9. The molecule has 1 saturated carbocycles. The zero-order valence-electron chi connectivity index (χ0n) is 17.6. The molecule has 4 N–H and O–H groups in total.